The number of benzene rings is 1. The minimum atomic E-state index is -0.621. The molecule has 2 amide bonds. The van der Waals surface area contributed by atoms with E-state index in [1.54, 1.807) is 0 Å². The summed E-state index contributed by atoms with van der Waals surface area (Å²) in [4.78, 5) is 39.4. The van der Waals surface area contributed by atoms with E-state index in [1.165, 1.54) is 19.2 Å². The highest BCUT2D eigenvalue weighted by Crippen LogP contribution is 2.49. The zero-order valence-corrected chi connectivity index (χ0v) is 25.6. The molecule has 0 aliphatic heterocycles. The van der Waals surface area contributed by atoms with Gasteiger partial charge in [-0.3, -0.25) is 14.4 Å². The molecular formula is C32H47FN2O6. The zero-order chi connectivity index (χ0) is 30.1. The number of carbonyl (C=O) groups is 3. The normalized spacial score (nSPS) is 29.2. The lowest BCUT2D eigenvalue weighted by atomic mass is 9.74. The average molecular weight is 575 g/mol. The molecule has 4 atom stereocenters. The van der Waals surface area contributed by atoms with E-state index in [0.717, 1.165) is 19.3 Å². The summed E-state index contributed by atoms with van der Waals surface area (Å²) in [5, 5.41) is 6.15. The summed E-state index contributed by atoms with van der Waals surface area (Å²) in [6.07, 6.45) is 4.81. The van der Waals surface area contributed by atoms with Crippen LogP contribution in [0, 0.1) is 34.9 Å². The van der Waals surface area contributed by atoms with Crippen LogP contribution in [0.15, 0.2) is 12.1 Å². The van der Waals surface area contributed by atoms with E-state index in [-0.39, 0.29) is 58.8 Å². The molecule has 4 rings (SSSR count). The zero-order valence-electron chi connectivity index (χ0n) is 25.6. The fourth-order valence-corrected chi connectivity index (χ4v) is 6.63. The van der Waals surface area contributed by atoms with Crippen molar-refractivity contribution >= 4 is 17.8 Å². The number of hydrogen-bond acceptors (Lipinski definition) is 6. The summed E-state index contributed by atoms with van der Waals surface area (Å²) >= 11 is 0. The number of halogens is 1. The molecule has 8 nitrogen and oxygen atoms in total. The average Bonchev–Trinajstić information content (AvgIpc) is 3.50. The van der Waals surface area contributed by atoms with Crippen LogP contribution >= 0.6 is 0 Å². The number of hydrogen-bond donors (Lipinski definition) is 2. The fraction of sp³-hybridized carbons (Fsp3) is 0.719. The number of amides is 2. The number of fused-ring (bicyclic) bond motifs is 2. The lowest BCUT2D eigenvalue weighted by molar-refractivity contribution is -0.169. The maximum Gasteiger partial charge on any atom is 0.312 e. The minimum Gasteiger partial charge on any atom is -0.496 e. The Balaban J connectivity index is 1.45. The standard InChI is InChI=1S/C32H47FN2O6/c1-18(2)17-34-29(37)26-19-8-9-20(14-19)27(26)35-28(36)22-15-25(23(33)16-24(22)39-7)40-21-10-12-32(6,13-11-21)30(38)41-31(3,4)5/h15-16,18-21,26-27H,8-14,17H2,1-7H3,(H,34,37)(H,35,36)/t19-,20+,21?,26+,27-,32?/m1/s1. The van der Waals surface area contributed by atoms with Crippen LogP contribution in [0.4, 0.5) is 4.39 Å². The molecule has 3 aliphatic rings. The van der Waals surface area contributed by atoms with Crippen LogP contribution in [0.25, 0.3) is 0 Å². The van der Waals surface area contributed by atoms with Crippen molar-refractivity contribution < 1.29 is 33.0 Å². The van der Waals surface area contributed by atoms with Gasteiger partial charge in [-0.2, -0.15) is 0 Å². The first kappa shape index (κ1) is 31.1. The summed E-state index contributed by atoms with van der Waals surface area (Å²) in [7, 11) is 1.39. The topological polar surface area (TPSA) is 103 Å². The van der Waals surface area contributed by atoms with Crippen molar-refractivity contribution in [2.75, 3.05) is 13.7 Å². The number of nitrogens with one attached hydrogen (secondary N) is 2. The van der Waals surface area contributed by atoms with E-state index < -0.39 is 22.7 Å². The molecule has 0 spiro atoms. The minimum absolute atomic E-state index is 0.0121. The maximum atomic E-state index is 15.1. The number of carbonyl (C=O) groups excluding carboxylic acids is 3. The second-order valence-corrected chi connectivity index (χ2v) is 13.9. The van der Waals surface area contributed by atoms with E-state index in [9.17, 15) is 14.4 Å². The summed E-state index contributed by atoms with van der Waals surface area (Å²) in [5.74, 6) is -0.638. The van der Waals surface area contributed by atoms with Gasteiger partial charge in [-0.05, 0) is 96.5 Å². The highest BCUT2D eigenvalue weighted by Gasteiger charge is 2.51. The number of ether oxygens (including phenoxy) is 3. The quantitative estimate of drug-likeness (QED) is 0.382. The molecule has 3 aliphatic carbocycles. The van der Waals surface area contributed by atoms with E-state index in [2.05, 4.69) is 10.6 Å². The van der Waals surface area contributed by atoms with Gasteiger partial charge in [0, 0.05) is 18.7 Å². The van der Waals surface area contributed by atoms with Crippen molar-refractivity contribution in [3.05, 3.63) is 23.5 Å². The van der Waals surface area contributed by atoms with Crippen molar-refractivity contribution in [3.63, 3.8) is 0 Å². The van der Waals surface area contributed by atoms with E-state index in [1.807, 2.05) is 41.5 Å². The Morgan fingerprint density at radius 1 is 1.05 bits per heavy atom. The first-order valence-corrected chi connectivity index (χ1v) is 15.1. The lowest BCUT2D eigenvalue weighted by Gasteiger charge is -2.37. The molecule has 0 saturated heterocycles. The number of methoxy groups -OCH3 is 1. The van der Waals surface area contributed by atoms with Crippen molar-refractivity contribution in [1.82, 2.24) is 10.6 Å². The van der Waals surface area contributed by atoms with Gasteiger partial charge in [0.25, 0.3) is 5.91 Å². The molecule has 0 aromatic heterocycles. The summed E-state index contributed by atoms with van der Waals surface area (Å²) in [6.45, 7) is 12.1. The van der Waals surface area contributed by atoms with Crippen LogP contribution in [-0.4, -0.2) is 49.2 Å². The summed E-state index contributed by atoms with van der Waals surface area (Å²) in [6, 6.07) is 2.29. The van der Waals surface area contributed by atoms with Gasteiger partial charge in [-0.1, -0.05) is 13.8 Å². The molecule has 0 unspecified atom stereocenters. The van der Waals surface area contributed by atoms with Crippen molar-refractivity contribution in [1.29, 1.82) is 0 Å². The first-order chi connectivity index (χ1) is 19.2. The molecule has 9 heteroatoms. The third-order valence-electron chi connectivity index (χ3n) is 8.92. The fourth-order valence-electron chi connectivity index (χ4n) is 6.63. The number of rotatable bonds is 9. The third-order valence-corrected chi connectivity index (χ3v) is 8.92. The van der Waals surface area contributed by atoms with Gasteiger partial charge in [0.2, 0.25) is 5.91 Å². The van der Waals surface area contributed by atoms with Crippen LogP contribution in [0.2, 0.25) is 0 Å². The molecule has 1 aromatic rings. The predicted octanol–water partition coefficient (Wildman–Crippen LogP) is 5.42. The second-order valence-electron chi connectivity index (χ2n) is 13.9. The largest absolute Gasteiger partial charge is 0.496 e. The Morgan fingerprint density at radius 2 is 1.71 bits per heavy atom. The van der Waals surface area contributed by atoms with Gasteiger partial charge in [-0.25, -0.2) is 4.39 Å². The Labute approximate surface area is 243 Å². The molecule has 41 heavy (non-hydrogen) atoms. The smallest absolute Gasteiger partial charge is 0.312 e. The molecule has 228 valence electrons. The Morgan fingerprint density at radius 3 is 2.32 bits per heavy atom. The lowest BCUT2D eigenvalue weighted by Crippen LogP contribution is -2.50. The monoisotopic (exact) mass is 574 g/mol. The summed E-state index contributed by atoms with van der Waals surface area (Å²) in [5.41, 5.74) is -1.01. The van der Waals surface area contributed by atoms with E-state index >= 15 is 4.39 Å². The van der Waals surface area contributed by atoms with Gasteiger partial charge >= 0.3 is 5.97 Å². The Hall–Kier alpha value is -2.84. The van der Waals surface area contributed by atoms with E-state index in [4.69, 9.17) is 14.2 Å². The van der Waals surface area contributed by atoms with Gasteiger partial charge in [0.15, 0.2) is 11.6 Å². The molecule has 2 N–H and O–H groups in total. The Bertz CT molecular complexity index is 1140. The van der Waals surface area contributed by atoms with Crippen molar-refractivity contribution in [2.24, 2.45) is 29.1 Å². The van der Waals surface area contributed by atoms with Gasteiger partial charge in [-0.15, -0.1) is 0 Å². The van der Waals surface area contributed by atoms with Gasteiger partial charge < -0.3 is 24.8 Å². The molecule has 0 radical (unpaired) electrons. The highest BCUT2D eigenvalue weighted by atomic mass is 19.1. The van der Waals surface area contributed by atoms with Gasteiger partial charge in [0.1, 0.15) is 11.4 Å². The van der Waals surface area contributed by atoms with Crippen LogP contribution in [0.1, 0.15) is 96.8 Å². The number of esters is 1. The molecule has 3 fully saturated rings. The molecule has 0 heterocycles. The first-order valence-electron chi connectivity index (χ1n) is 15.1. The predicted molar refractivity (Wildman–Crippen MR) is 153 cm³/mol. The molecule has 1 aromatic carbocycles. The summed E-state index contributed by atoms with van der Waals surface area (Å²) < 4.78 is 32.1. The molecular weight excluding hydrogens is 527 g/mol. The van der Waals surface area contributed by atoms with Crippen molar-refractivity contribution in [3.8, 4) is 11.5 Å². The van der Waals surface area contributed by atoms with Crippen LogP contribution in [0.5, 0.6) is 11.5 Å². The SMILES string of the molecule is COc1cc(F)c(OC2CCC(C)(C(=O)OC(C)(C)C)CC2)cc1C(=O)N[C@@H]1[C@H]2CC[C@H](C2)[C@@H]1C(=O)NCC(C)C. The molecule has 2 bridgehead atoms. The van der Waals surface area contributed by atoms with Gasteiger partial charge in [0.05, 0.1) is 30.1 Å². The second kappa shape index (κ2) is 12.2. The Kier molecular flexibility index (Phi) is 9.24. The maximum absolute atomic E-state index is 15.1. The van der Waals surface area contributed by atoms with Crippen molar-refractivity contribution in [2.45, 2.75) is 104 Å². The van der Waals surface area contributed by atoms with Crippen LogP contribution in [-0.2, 0) is 14.3 Å². The molecule has 3 saturated carbocycles. The third kappa shape index (κ3) is 7.15. The highest BCUT2D eigenvalue weighted by molar-refractivity contribution is 5.98. The van der Waals surface area contributed by atoms with Crippen LogP contribution < -0.4 is 20.1 Å². The van der Waals surface area contributed by atoms with Crippen LogP contribution in [0.3, 0.4) is 0 Å². The van der Waals surface area contributed by atoms with E-state index in [0.29, 0.717) is 38.1 Å².